The minimum atomic E-state index is -4.32. The first-order valence-electron chi connectivity index (χ1n) is 8.77. The van der Waals surface area contributed by atoms with Crippen molar-refractivity contribution in [2.24, 2.45) is 4.99 Å². The second-order valence-corrected chi connectivity index (χ2v) is 6.16. The Morgan fingerprint density at radius 1 is 1.00 bits per heavy atom. The Kier molecular flexibility index (Phi) is 8.25. The number of ether oxygens (including phenoxy) is 1. The molecule has 0 bridgehead atoms. The number of alkyl halides is 3. The van der Waals surface area contributed by atoms with Gasteiger partial charge in [0.05, 0.1) is 6.61 Å². The van der Waals surface area contributed by atoms with Gasteiger partial charge in [-0.05, 0) is 35.2 Å². The van der Waals surface area contributed by atoms with E-state index in [0.717, 1.165) is 11.1 Å². The molecule has 8 heteroatoms. The predicted molar refractivity (Wildman–Crippen MR) is 100 cm³/mol. The Bertz CT molecular complexity index is 761. The van der Waals surface area contributed by atoms with E-state index >= 15 is 0 Å². The molecule has 2 N–H and O–H groups in total. The van der Waals surface area contributed by atoms with Gasteiger partial charge >= 0.3 is 6.18 Å². The van der Waals surface area contributed by atoms with E-state index < -0.39 is 12.8 Å². The minimum absolute atomic E-state index is 0.0868. The van der Waals surface area contributed by atoms with E-state index in [-0.39, 0.29) is 12.4 Å². The van der Waals surface area contributed by atoms with Gasteiger partial charge in [-0.25, -0.2) is 4.39 Å². The van der Waals surface area contributed by atoms with Gasteiger partial charge in [0.2, 0.25) is 0 Å². The predicted octanol–water partition coefficient (Wildman–Crippen LogP) is 3.81. The second-order valence-electron chi connectivity index (χ2n) is 6.16. The van der Waals surface area contributed by atoms with Crippen molar-refractivity contribution in [2.45, 2.75) is 25.7 Å². The fourth-order valence-electron chi connectivity index (χ4n) is 2.46. The van der Waals surface area contributed by atoms with E-state index in [2.05, 4.69) is 20.4 Å². The molecule has 0 radical (unpaired) electrons. The average Bonchev–Trinajstić information content (AvgIpc) is 2.64. The molecular formula is C20H23F4N3O. The van der Waals surface area contributed by atoms with Gasteiger partial charge in [-0.15, -0.1) is 0 Å². The molecule has 0 fully saturated rings. The molecule has 0 saturated carbocycles. The van der Waals surface area contributed by atoms with Gasteiger partial charge in [0.25, 0.3) is 0 Å². The lowest BCUT2D eigenvalue weighted by Gasteiger charge is -2.12. The van der Waals surface area contributed by atoms with Gasteiger partial charge in [-0.2, -0.15) is 13.2 Å². The molecule has 0 unspecified atom stereocenters. The first kappa shape index (κ1) is 21.7. The highest BCUT2D eigenvalue weighted by molar-refractivity contribution is 5.79. The number of hydrogen-bond acceptors (Lipinski definition) is 2. The van der Waals surface area contributed by atoms with Crippen molar-refractivity contribution in [1.29, 1.82) is 0 Å². The summed E-state index contributed by atoms with van der Waals surface area (Å²) in [7, 11) is 1.65. The Labute approximate surface area is 161 Å². The third kappa shape index (κ3) is 8.39. The molecule has 0 atom stereocenters. The highest BCUT2D eigenvalue weighted by Crippen LogP contribution is 2.15. The van der Waals surface area contributed by atoms with Crippen LogP contribution in [0.2, 0.25) is 0 Å². The normalized spacial score (nSPS) is 12.1. The molecule has 2 aromatic rings. The fourth-order valence-corrected chi connectivity index (χ4v) is 2.46. The molecule has 4 nitrogen and oxygen atoms in total. The molecule has 152 valence electrons. The Balaban J connectivity index is 1.72. The summed E-state index contributed by atoms with van der Waals surface area (Å²) in [6, 6.07) is 13.5. The maximum absolute atomic E-state index is 13.2. The number of aliphatic imine (C=N–C) groups is 1. The summed E-state index contributed by atoms with van der Waals surface area (Å²) in [5, 5.41) is 6.30. The number of benzene rings is 2. The zero-order valence-electron chi connectivity index (χ0n) is 15.5. The van der Waals surface area contributed by atoms with Crippen molar-refractivity contribution >= 4 is 5.96 Å². The molecule has 2 aromatic carbocycles. The van der Waals surface area contributed by atoms with E-state index in [4.69, 9.17) is 0 Å². The molecule has 28 heavy (non-hydrogen) atoms. The lowest BCUT2D eigenvalue weighted by atomic mass is 10.1. The van der Waals surface area contributed by atoms with Gasteiger partial charge in [0, 0.05) is 20.1 Å². The SMILES string of the molecule is CN=C(NCCc1cccc(F)c1)NCc1ccc(COCC(F)(F)F)cc1. The van der Waals surface area contributed by atoms with Crippen LogP contribution in [0.1, 0.15) is 16.7 Å². The maximum Gasteiger partial charge on any atom is 0.411 e. The molecule has 0 spiro atoms. The molecule has 0 aromatic heterocycles. The Morgan fingerprint density at radius 3 is 2.36 bits per heavy atom. The number of guanidine groups is 1. The van der Waals surface area contributed by atoms with E-state index in [0.29, 0.717) is 31.0 Å². The van der Waals surface area contributed by atoms with Crippen LogP contribution in [-0.4, -0.2) is 32.3 Å². The fraction of sp³-hybridized carbons (Fsp3) is 0.350. The number of nitrogens with one attached hydrogen (secondary N) is 2. The Morgan fingerprint density at radius 2 is 1.71 bits per heavy atom. The van der Waals surface area contributed by atoms with E-state index in [1.165, 1.54) is 12.1 Å². The molecule has 0 saturated heterocycles. The monoisotopic (exact) mass is 397 g/mol. The molecular weight excluding hydrogens is 374 g/mol. The van der Waals surface area contributed by atoms with Crippen molar-refractivity contribution in [3.05, 3.63) is 71.0 Å². The summed E-state index contributed by atoms with van der Waals surface area (Å²) in [4.78, 5) is 4.13. The highest BCUT2D eigenvalue weighted by Gasteiger charge is 2.27. The maximum atomic E-state index is 13.2. The highest BCUT2D eigenvalue weighted by atomic mass is 19.4. The van der Waals surface area contributed by atoms with Gasteiger partial charge in [-0.1, -0.05) is 36.4 Å². The minimum Gasteiger partial charge on any atom is -0.367 e. The first-order chi connectivity index (χ1) is 13.4. The third-order valence-corrected chi connectivity index (χ3v) is 3.84. The summed E-state index contributed by atoms with van der Waals surface area (Å²) in [6.45, 7) is -0.244. The van der Waals surface area contributed by atoms with Gasteiger partial charge in [-0.3, -0.25) is 4.99 Å². The van der Waals surface area contributed by atoms with Gasteiger partial charge < -0.3 is 15.4 Å². The zero-order chi connectivity index (χ0) is 20.4. The molecule has 2 rings (SSSR count). The number of nitrogens with zero attached hydrogens (tertiary/aromatic N) is 1. The number of hydrogen-bond donors (Lipinski definition) is 2. The molecule has 0 heterocycles. The summed E-state index contributed by atoms with van der Waals surface area (Å²) >= 11 is 0. The summed E-state index contributed by atoms with van der Waals surface area (Å²) in [5.41, 5.74) is 2.52. The standard InChI is InChI=1S/C20H23F4N3O/c1-25-19(26-10-9-15-3-2-4-18(21)11-15)27-12-16-5-7-17(8-6-16)13-28-14-20(22,23)24/h2-8,11H,9-10,12-14H2,1H3,(H2,25,26,27). The second kappa shape index (κ2) is 10.7. The molecule has 0 aliphatic rings. The van der Waals surface area contributed by atoms with Gasteiger partial charge in [0.1, 0.15) is 12.4 Å². The van der Waals surface area contributed by atoms with Crippen molar-refractivity contribution in [3.8, 4) is 0 Å². The first-order valence-corrected chi connectivity index (χ1v) is 8.77. The number of halogens is 4. The van der Waals surface area contributed by atoms with Crippen molar-refractivity contribution in [3.63, 3.8) is 0 Å². The topological polar surface area (TPSA) is 45.7 Å². The van der Waals surface area contributed by atoms with Crippen LogP contribution in [-0.2, 0) is 24.3 Å². The van der Waals surface area contributed by atoms with Crippen LogP contribution in [0.3, 0.4) is 0 Å². The smallest absolute Gasteiger partial charge is 0.367 e. The van der Waals surface area contributed by atoms with Crippen LogP contribution >= 0.6 is 0 Å². The molecule has 0 aliphatic heterocycles. The number of rotatable bonds is 8. The van der Waals surface area contributed by atoms with Crippen LogP contribution in [0.15, 0.2) is 53.5 Å². The van der Waals surface area contributed by atoms with Crippen LogP contribution < -0.4 is 10.6 Å². The van der Waals surface area contributed by atoms with Crippen molar-refractivity contribution < 1.29 is 22.3 Å². The summed E-state index contributed by atoms with van der Waals surface area (Å²) < 4.78 is 54.0. The Hall–Kier alpha value is -2.61. The van der Waals surface area contributed by atoms with Gasteiger partial charge in [0.15, 0.2) is 5.96 Å². The van der Waals surface area contributed by atoms with E-state index in [1.54, 1.807) is 25.2 Å². The van der Waals surface area contributed by atoms with Crippen molar-refractivity contribution in [1.82, 2.24) is 10.6 Å². The van der Waals surface area contributed by atoms with Crippen molar-refractivity contribution in [2.75, 3.05) is 20.2 Å². The van der Waals surface area contributed by atoms with Crippen LogP contribution in [0.25, 0.3) is 0 Å². The van der Waals surface area contributed by atoms with Crippen LogP contribution in [0.5, 0.6) is 0 Å². The van der Waals surface area contributed by atoms with Crippen LogP contribution in [0, 0.1) is 5.82 Å². The zero-order valence-corrected chi connectivity index (χ0v) is 15.5. The third-order valence-electron chi connectivity index (χ3n) is 3.84. The summed E-state index contributed by atoms with van der Waals surface area (Å²) in [5.74, 6) is 0.348. The lowest BCUT2D eigenvalue weighted by Crippen LogP contribution is -2.37. The van der Waals surface area contributed by atoms with E-state index in [1.807, 2.05) is 18.2 Å². The largest absolute Gasteiger partial charge is 0.411 e. The summed E-state index contributed by atoms with van der Waals surface area (Å²) in [6.07, 6.45) is -3.66. The van der Waals surface area contributed by atoms with Crippen LogP contribution in [0.4, 0.5) is 17.6 Å². The average molecular weight is 397 g/mol. The lowest BCUT2D eigenvalue weighted by molar-refractivity contribution is -0.176. The molecule has 0 amide bonds. The molecule has 0 aliphatic carbocycles. The quantitative estimate of drug-likeness (QED) is 0.405. The van der Waals surface area contributed by atoms with E-state index in [9.17, 15) is 17.6 Å².